The Morgan fingerprint density at radius 2 is 1.40 bits per heavy atom. The van der Waals surface area contributed by atoms with Crippen molar-refractivity contribution in [2.75, 3.05) is 0 Å². The van der Waals surface area contributed by atoms with Crippen LogP contribution in [0.5, 0.6) is 0 Å². The highest BCUT2D eigenvalue weighted by molar-refractivity contribution is 5.68. The molecule has 3 aromatic carbocycles. The molecule has 0 aliphatic rings. The molecule has 1 aromatic heterocycles. The fourth-order valence-corrected chi connectivity index (χ4v) is 2.92. The van der Waals surface area contributed by atoms with Crippen molar-refractivity contribution in [3.8, 4) is 28.2 Å². The van der Waals surface area contributed by atoms with Crippen LogP contribution in [0.4, 0.5) is 4.39 Å². The van der Waals surface area contributed by atoms with Crippen LogP contribution >= 0.6 is 0 Å². The Morgan fingerprint density at radius 3 is 2.12 bits per heavy atom. The SMILES string of the molecule is Cc1nnc(-c2ccc(-c3ccccc3)cc2)n1-c1cccc(F)c1. The summed E-state index contributed by atoms with van der Waals surface area (Å²) in [5, 5.41) is 8.46. The van der Waals surface area contributed by atoms with Crippen LogP contribution in [0.3, 0.4) is 0 Å². The summed E-state index contributed by atoms with van der Waals surface area (Å²) >= 11 is 0. The first kappa shape index (κ1) is 15.3. The van der Waals surface area contributed by atoms with Crippen LogP contribution in [0, 0.1) is 12.7 Å². The maximum absolute atomic E-state index is 13.6. The lowest BCUT2D eigenvalue weighted by Gasteiger charge is -2.09. The van der Waals surface area contributed by atoms with Gasteiger partial charge in [0, 0.05) is 5.56 Å². The third-order valence-corrected chi connectivity index (χ3v) is 4.14. The van der Waals surface area contributed by atoms with E-state index in [0.717, 1.165) is 16.7 Å². The molecule has 0 amide bonds. The summed E-state index contributed by atoms with van der Waals surface area (Å²) in [5.74, 6) is 1.13. The van der Waals surface area contributed by atoms with Crippen molar-refractivity contribution >= 4 is 0 Å². The van der Waals surface area contributed by atoms with E-state index in [0.29, 0.717) is 17.3 Å². The molecule has 0 fully saturated rings. The standard InChI is InChI=1S/C21H16FN3/c1-15-23-24-21(25(15)20-9-5-8-19(22)14-20)18-12-10-17(11-13-18)16-6-3-2-4-7-16/h2-14H,1H3. The monoisotopic (exact) mass is 329 g/mol. The van der Waals surface area contributed by atoms with Gasteiger partial charge in [-0.3, -0.25) is 4.57 Å². The molecule has 0 saturated heterocycles. The maximum Gasteiger partial charge on any atom is 0.168 e. The number of hydrogen-bond acceptors (Lipinski definition) is 2. The highest BCUT2D eigenvalue weighted by atomic mass is 19.1. The minimum absolute atomic E-state index is 0.282. The van der Waals surface area contributed by atoms with Crippen molar-refractivity contribution in [2.24, 2.45) is 0 Å². The van der Waals surface area contributed by atoms with E-state index in [1.807, 2.05) is 47.9 Å². The molecule has 0 saturated carbocycles. The number of benzene rings is 3. The highest BCUT2D eigenvalue weighted by Crippen LogP contribution is 2.26. The van der Waals surface area contributed by atoms with Crippen LogP contribution in [0.25, 0.3) is 28.2 Å². The van der Waals surface area contributed by atoms with Crippen LogP contribution in [0.1, 0.15) is 5.82 Å². The zero-order chi connectivity index (χ0) is 17.2. The van der Waals surface area contributed by atoms with Gasteiger partial charge in [0.2, 0.25) is 0 Å². The van der Waals surface area contributed by atoms with Gasteiger partial charge in [-0.2, -0.15) is 0 Å². The second-order valence-electron chi connectivity index (χ2n) is 5.83. The fraction of sp³-hybridized carbons (Fsp3) is 0.0476. The Bertz CT molecular complexity index is 1010. The lowest BCUT2D eigenvalue weighted by Crippen LogP contribution is -2.00. The fourth-order valence-electron chi connectivity index (χ4n) is 2.92. The molecule has 0 atom stereocenters. The van der Waals surface area contributed by atoms with E-state index in [1.54, 1.807) is 6.07 Å². The Hall–Kier alpha value is -3.27. The number of halogens is 1. The van der Waals surface area contributed by atoms with E-state index in [1.165, 1.54) is 12.1 Å². The molecule has 0 radical (unpaired) electrons. The first-order valence-corrected chi connectivity index (χ1v) is 8.06. The minimum atomic E-state index is -0.282. The zero-order valence-electron chi connectivity index (χ0n) is 13.7. The van der Waals surface area contributed by atoms with Gasteiger partial charge in [0.05, 0.1) is 5.69 Å². The summed E-state index contributed by atoms with van der Waals surface area (Å²) in [6, 6.07) is 24.8. The Balaban J connectivity index is 1.76. The van der Waals surface area contributed by atoms with E-state index >= 15 is 0 Å². The molecule has 4 aromatic rings. The molecule has 122 valence electrons. The number of aryl methyl sites for hydroxylation is 1. The average molecular weight is 329 g/mol. The maximum atomic E-state index is 13.6. The third kappa shape index (κ3) is 2.94. The van der Waals surface area contributed by atoms with Crippen molar-refractivity contribution in [3.63, 3.8) is 0 Å². The lowest BCUT2D eigenvalue weighted by molar-refractivity contribution is 0.626. The van der Waals surface area contributed by atoms with Crippen LogP contribution in [0.2, 0.25) is 0 Å². The third-order valence-electron chi connectivity index (χ3n) is 4.14. The second kappa shape index (κ2) is 6.32. The molecule has 0 bridgehead atoms. The molecule has 0 aliphatic heterocycles. The molecule has 0 N–H and O–H groups in total. The van der Waals surface area contributed by atoms with Gasteiger partial charge in [0.15, 0.2) is 5.82 Å². The summed E-state index contributed by atoms with van der Waals surface area (Å²) in [5.41, 5.74) is 3.95. The molecule has 4 rings (SSSR count). The van der Waals surface area contributed by atoms with Crippen LogP contribution in [-0.2, 0) is 0 Å². The number of hydrogen-bond donors (Lipinski definition) is 0. The Labute approximate surface area is 145 Å². The van der Waals surface area contributed by atoms with Crippen LogP contribution < -0.4 is 0 Å². The predicted octanol–water partition coefficient (Wildman–Crippen LogP) is 5.05. The summed E-state index contributed by atoms with van der Waals surface area (Å²) < 4.78 is 15.5. The summed E-state index contributed by atoms with van der Waals surface area (Å²) in [6.07, 6.45) is 0. The molecule has 0 aliphatic carbocycles. The molecule has 1 heterocycles. The van der Waals surface area contributed by atoms with Gasteiger partial charge in [0.25, 0.3) is 0 Å². The second-order valence-corrected chi connectivity index (χ2v) is 5.83. The van der Waals surface area contributed by atoms with E-state index in [4.69, 9.17) is 0 Å². The Morgan fingerprint density at radius 1 is 0.720 bits per heavy atom. The smallest absolute Gasteiger partial charge is 0.168 e. The molecule has 0 spiro atoms. The van der Waals surface area contributed by atoms with E-state index in [-0.39, 0.29) is 5.82 Å². The van der Waals surface area contributed by atoms with E-state index in [9.17, 15) is 4.39 Å². The van der Waals surface area contributed by atoms with Crippen LogP contribution in [-0.4, -0.2) is 14.8 Å². The molecule has 25 heavy (non-hydrogen) atoms. The first-order valence-electron chi connectivity index (χ1n) is 8.06. The van der Waals surface area contributed by atoms with Crippen molar-refractivity contribution in [2.45, 2.75) is 6.92 Å². The zero-order valence-corrected chi connectivity index (χ0v) is 13.7. The largest absolute Gasteiger partial charge is 0.279 e. The van der Waals surface area contributed by atoms with Gasteiger partial charge >= 0.3 is 0 Å². The quantitative estimate of drug-likeness (QED) is 0.526. The van der Waals surface area contributed by atoms with E-state index < -0.39 is 0 Å². The molecular formula is C21H16FN3. The predicted molar refractivity (Wildman–Crippen MR) is 96.9 cm³/mol. The van der Waals surface area contributed by atoms with Gasteiger partial charge < -0.3 is 0 Å². The normalized spacial score (nSPS) is 10.8. The van der Waals surface area contributed by atoms with E-state index in [2.05, 4.69) is 34.5 Å². The molecule has 4 heteroatoms. The van der Waals surface area contributed by atoms with Crippen LogP contribution in [0.15, 0.2) is 78.9 Å². The van der Waals surface area contributed by atoms with Gasteiger partial charge in [-0.1, -0.05) is 60.7 Å². The topological polar surface area (TPSA) is 30.7 Å². The summed E-state index contributed by atoms with van der Waals surface area (Å²) in [6.45, 7) is 1.86. The van der Waals surface area contributed by atoms with Gasteiger partial charge in [0.1, 0.15) is 11.6 Å². The summed E-state index contributed by atoms with van der Waals surface area (Å²) in [4.78, 5) is 0. The average Bonchev–Trinajstić information content (AvgIpc) is 3.04. The molecule has 0 unspecified atom stereocenters. The van der Waals surface area contributed by atoms with Crippen molar-refractivity contribution in [3.05, 3.63) is 90.5 Å². The number of aromatic nitrogens is 3. The van der Waals surface area contributed by atoms with Gasteiger partial charge in [-0.05, 0) is 36.2 Å². The number of nitrogens with zero attached hydrogens (tertiary/aromatic N) is 3. The first-order chi connectivity index (χ1) is 12.2. The summed E-state index contributed by atoms with van der Waals surface area (Å²) in [7, 11) is 0. The number of rotatable bonds is 3. The Kier molecular flexibility index (Phi) is 3.86. The highest BCUT2D eigenvalue weighted by Gasteiger charge is 2.13. The van der Waals surface area contributed by atoms with Gasteiger partial charge in [-0.15, -0.1) is 10.2 Å². The minimum Gasteiger partial charge on any atom is -0.279 e. The lowest BCUT2D eigenvalue weighted by atomic mass is 10.0. The molecule has 3 nitrogen and oxygen atoms in total. The van der Waals surface area contributed by atoms with Crippen molar-refractivity contribution in [1.82, 2.24) is 14.8 Å². The van der Waals surface area contributed by atoms with Gasteiger partial charge in [-0.25, -0.2) is 4.39 Å². The molecular weight excluding hydrogens is 313 g/mol. The van der Waals surface area contributed by atoms with Crippen molar-refractivity contribution < 1.29 is 4.39 Å². The van der Waals surface area contributed by atoms with Crippen molar-refractivity contribution in [1.29, 1.82) is 0 Å².